The highest BCUT2D eigenvalue weighted by molar-refractivity contribution is 5.76. The minimum atomic E-state index is 0.124. The Morgan fingerprint density at radius 2 is 1.59 bits per heavy atom. The number of rotatable bonds is 17. The zero-order valence-electron chi connectivity index (χ0n) is 16.5. The molecule has 10 heteroatoms. The van der Waals surface area contributed by atoms with Crippen LogP contribution in [0.5, 0.6) is 0 Å². The number of nitrogens with one attached hydrogen (secondary N) is 3. The van der Waals surface area contributed by atoms with Crippen molar-refractivity contribution in [1.29, 1.82) is 5.26 Å². The second-order valence-electron chi connectivity index (χ2n) is 6.51. The highest BCUT2D eigenvalue weighted by atomic mass is 16.2. The standard InChI is InChI=1S/C17H37N9O/c18-1-4-21-6-7-23-8-11-24(10-3-20)13-14-26-16-15-25(17(26)27)12-9-22-5-2-19/h21-23H,2-16,19-20H2. The average molecular weight is 384 g/mol. The highest BCUT2D eigenvalue weighted by Gasteiger charge is 2.27. The molecule has 0 aromatic rings. The van der Waals surface area contributed by atoms with Crippen molar-refractivity contribution >= 4 is 6.03 Å². The predicted molar refractivity (Wildman–Crippen MR) is 107 cm³/mol. The molecular weight excluding hydrogens is 346 g/mol. The fraction of sp³-hybridized carbons (Fsp3) is 0.882. The van der Waals surface area contributed by atoms with Gasteiger partial charge in [0.15, 0.2) is 0 Å². The van der Waals surface area contributed by atoms with E-state index >= 15 is 0 Å². The van der Waals surface area contributed by atoms with Crippen LogP contribution in [-0.2, 0) is 0 Å². The third kappa shape index (κ3) is 10.4. The van der Waals surface area contributed by atoms with E-state index in [1.165, 1.54) is 0 Å². The molecule has 1 fully saturated rings. The van der Waals surface area contributed by atoms with Crippen LogP contribution in [0.25, 0.3) is 0 Å². The van der Waals surface area contributed by atoms with E-state index in [1.54, 1.807) is 0 Å². The molecular formula is C17H37N9O. The third-order valence-electron chi connectivity index (χ3n) is 4.48. The summed E-state index contributed by atoms with van der Waals surface area (Å²) in [6.45, 7) is 11.2. The maximum Gasteiger partial charge on any atom is 0.320 e. The lowest BCUT2D eigenvalue weighted by molar-refractivity contribution is 0.183. The van der Waals surface area contributed by atoms with Gasteiger partial charge in [-0.05, 0) is 0 Å². The molecule has 0 aromatic heterocycles. The monoisotopic (exact) mass is 383 g/mol. The van der Waals surface area contributed by atoms with Crippen LogP contribution in [0.3, 0.4) is 0 Å². The first kappa shape index (κ1) is 23.6. The van der Waals surface area contributed by atoms with Crippen molar-refractivity contribution in [1.82, 2.24) is 30.7 Å². The molecule has 7 N–H and O–H groups in total. The summed E-state index contributed by atoms with van der Waals surface area (Å²) >= 11 is 0. The Labute approximate surface area is 163 Å². The highest BCUT2D eigenvalue weighted by Crippen LogP contribution is 2.07. The summed E-state index contributed by atoms with van der Waals surface area (Å²) in [7, 11) is 0. The van der Waals surface area contributed by atoms with E-state index < -0.39 is 0 Å². The first-order chi connectivity index (χ1) is 13.2. The topological polar surface area (TPSA) is 139 Å². The van der Waals surface area contributed by atoms with Crippen molar-refractivity contribution in [2.45, 2.75) is 0 Å². The van der Waals surface area contributed by atoms with Crippen molar-refractivity contribution in [3.05, 3.63) is 0 Å². The number of carbonyl (C=O) groups excluding carboxylic acids is 1. The smallest absolute Gasteiger partial charge is 0.320 e. The van der Waals surface area contributed by atoms with E-state index in [9.17, 15) is 4.79 Å². The first-order valence-electron chi connectivity index (χ1n) is 9.88. The van der Waals surface area contributed by atoms with Gasteiger partial charge in [0.25, 0.3) is 0 Å². The molecule has 156 valence electrons. The number of nitrogens with two attached hydrogens (primary N) is 2. The molecule has 0 aromatic carbocycles. The van der Waals surface area contributed by atoms with Gasteiger partial charge in [-0.3, -0.25) is 4.90 Å². The number of urea groups is 1. The van der Waals surface area contributed by atoms with Crippen LogP contribution in [0.1, 0.15) is 0 Å². The van der Waals surface area contributed by atoms with Gasteiger partial charge in [0.1, 0.15) is 0 Å². The van der Waals surface area contributed by atoms with Gasteiger partial charge >= 0.3 is 6.03 Å². The lowest BCUT2D eigenvalue weighted by atomic mass is 10.4. The van der Waals surface area contributed by atoms with Gasteiger partial charge in [0.2, 0.25) is 0 Å². The van der Waals surface area contributed by atoms with Gasteiger partial charge in [-0.1, -0.05) is 0 Å². The van der Waals surface area contributed by atoms with Crippen molar-refractivity contribution < 1.29 is 4.79 Å². The van der Waals surface area contributed by atoms with Crippen LogP contribution in [0.15, 0.2) is 0 Å². The second-order valence-corrected chi connectivity index (χ2v) is 6.51. The number of nitriles is 1. The van der Waals surface area contributed by atoms with Crippen LogP contribution in [0, 0.1) is 11.3 Å². The molecule has 0 saturated carbocycles. The van der Waals surface area contributed by atoms with Crippen molar-refractivity contribution in [2.75, 3.05) is 98.2 Å². The lowest BCUT2D eigenvalue weighted by Gasteiger charge is -2.25. The SMILES string of the molecule is N#CCNCCNCCN(CCN)CCN1CCN(CCNCCN)C1=O. The Hall–Kier alpha value is -1.48. The van der Waals surface area contributed by atoms with Crippen molar-refractivity contribution in [3.8, 4) is 6.07 Å². The van der Waals surface area contributed by atoms with E-state index in [0.717, 1.165) is 78.5 Å². The summed E-state index contributed by atoms with van der Waals surface area (Å²) in [5, 5.41) is 18.1. The molecule has 0 aliphatic carbocycles. The van der Waals surface area contributed by atoms with E-state index in [4.69, 9.17) is 16.7 Å². The predicted octanol–water partition coefficient (Wildman–Crippen LogP) is -2.76. The number of hydrogen-bond donors (Lipinski definition) is 5. The fourth-order valence-electron chi connectivity index (χ4n) is 2.95. The first-order valence-corrected chi connectivity index (χ1v) is 9.88. The summed E-state index contributed by atoms with van der Waals surface area (Å²) in [5.41, 5.74) is 11.2. The molecule has 0 unspecified atom stereocenters. The normalized spacial score (nSPS) is 14.4. The zero-order valence-corrected chi connectivity index (χ0v) is 16.5. The van der Waals surface area contributed by atoms with Gasteiger partial charge in [-0.15, -0.1) is 0 Å². The van der Waals surface area contributed by atoms with Crippen molar-refractivity contribution in [3.63, 3.8) is 0 Å². The molecule has 1 rings (SSSR count). The molecule has 27 heavy (non-hydrogen) atoms. The van der Waals surface area contributed by atoms with Crippen LogP contribution in [0.2, 0.25) is 0 Å². The minimum Gasteiger partial charge on any atom is -0.329 e. The summed E-state index contributed by atoms with van der Waals surface area (Å²) in [4.78, 5) is 18.5. The molecule has 0 atom stereocenters. The van der Waals surface area contributed by atoms with Gasteiger partial charge in [-0.2, -0.15) is 5.26 Å². The van der Waals surface area contributed by atoms with Crippen molar-refractivity contribution in [2.24, 2.45) is 11.5 Å². The number of amides is 2. The van der Waals surface area contributed by atoms with Crippen LogP contribution >= 0.6 is 0 Å². The van der Waals surface area contributed by atoms with Gasteiger partial charge in [0.05, 0.1) is 12.6 Å². The fourth-order valence-corrected chi connectivity index (χ4v) is 2.95. The Bertz CT molecular complexity index is 429. The summed E-state index contributed by atoms with van der Waals surface area (Å²) < 4.78 is 0. The summed E-state index contributed by atoms with van der Waals surface area (Å²) in [6.07, 6.45) is 0. The summed E-state index contributed by atoms with van der Waals surface area (Å²) in [5.74, 6) is 0. The van der Waals surface area contributed by atoms with E-state index in [1.807, 2.05) is 9.80 Å². The number of hydrogen-bond acceptors (Lipinski definition) is 8. The minimum absolute atomic E-state index is 0.124. The quantitative estimate of drug-likeness (QED) is 0.134. The zero-order chi connectivity index (χ0) is 19.7. The third-order valence-corrected chi connectivity index (χ3v) is 4.48. The Balaban J connectivity index is 2.19. The Morgan fingerprint density at radius 1 is 0.889 bits per heavy atom. The molecule has 10 nitrogen and oxygen atoms in total. The Kier molecular flexibility index (Phi) is 13.6. The maximum absolute atomic E-state index is 12.4. The van der Waals surface area contributed by atoms with E-state index in [-0.39, 0.29) is 6.03 Å². The summed E-state index contributed by atoms with van der Waals surface area (Å²) in [6, 6.07) is 2.18. The van der Waals surface area contributed by atoms with E-state index in [0.29, 0.717) is 19.6 Å². The van der Waals surface area contributed by atoms with Gasteiger partial charge in [0, 0.05) is 91.6 Å². The molecule has 0 spiro atoms. The maximum atomic E-state index is 12.4. The second kappa shape index (κ2) is 15.6. The van der Waals surface area contributed by atoms with Crippen LogP contribution in [-0.4, -0.2) is 119 Å². The Morgan fingerprint density at radius 3 is 2.30 bits per heavy atom. The molecule has 1 aliphatic rings. The number of nitrogens with zero attached hydrogens (tertiary/aromatic N) is 4. The average Bonchev–Trinajstić information content (AvgIpc) is 3.02. The van der Waals surface area contributed by atoms with Gasteiger partial charge in [-0.25, -0.2) is 4.79 Å². The molecule has 1 saturated heterocycles. The molecule has 0 bridgehead atoms. The van der Waals surface area contributed by atoms with Crippen LogP contribution in [0.4, 0.5) is 4.79 Å². The molecule has 1 heterocycles. The lowest BCUT2D eigenvalue weighted by Crippen LogP contribution is -2.43. The number of carbonyl (C=O) groups is 1. The molecule has 2 amide bonds. The molecule has 0 radical (unpaired) electrons. The largest absolute Gasteiger partial charge is 0.329 e. The van der Waals surface area contributed by atoms with E-state index in [2.05, 4.69) is 26.9 Å². The van der Waals surface area contributed by atoms with Gasteiger partial charge < -0.3 is 37.2 Å². The molecule has 1 aliphatic heterocycles. The van der Waals surface area contributed by atoms with Crippen LogP contribution < -0.4 is 27.4 Å².